The first-order chi connectivity index (χ1) is 13.2. The number of aromatic nitrogens is 2. The van der Waals surface area contributed by atoms with Gasteiger partial charge in [-0.05, 0) is 36.8 Å². The maximum absolute atomic E-state index is 14.0. The molecule has 0 aliphatic carbocycles. The Kier molecular flexibility index (Phi) is 5.17. The zero-order chi connectivity index (χ0) is 20.5. The Balaban J connectivity index is 2.31. The van der Waals surface area contributed by atoms with E-state index >= 15 is 0 Å². The Morgan fingerprint density at radius 1 is 1.21 bits per heavy atom. The predicted molar refractivity (Wildman–Crippen MR) is 92.5 cm³/mol. The first kappa shape index (κ1) is 19.5. The van der Waals surface area contributed by atoms with Gasteiger partial charge in [0, 0.05) is 30.5 Å². The van der Waals surface area contributed by atoms with Gasteiger partial charge in [-0.15, -0.1) is 0 Å². The van der Waals surface area contributed by atoms with Gasteiger partial charge in [0.1, 0.15) is 11.4 Å². The van der Waals surface area contributed by atoms with Gasteiger partial charge in [0.15, 0.2) is 0 Å². The van der Waals surface area contributed by atoms with Gasteiger partial charge < -0.3 is 9.30 Å². The van der Waals surface area contributed by atoms with Crippen molar-refractivity contribution in [3.8, 4) is 0 Å². The molecular weight excluding hydrogens is 380 g/mol. The first-order valence-electron chi connectivity index (χ1n) is 8.22. The number of pyridine rings is 2. The van der Waals surface area contributed by atoms with Crippen molar-refractivity contribution in [1.29, 1.82) is 0 Å². The minimum Gasteiger partial charge on any atom is -0.462 e. The fourth-order valence-electron chi connectivity index (χ4n) is 2.80. The second kappa shape index (κ2) is 7.41. The van der Waals surface area contributed by atoms with Crippen LogP contribution in [0.4, 0.5) is 17.6 Å². The lowest BCUT2D eigenvalue weighted by atomic mass is 10.1. The van der Waals surface area contributed by atoms with Crippen molar-refractivity contribution in [2.45, 2.75) is 19.6 Å². The molecule has 0 unspecified atom stereocenters. The number of esters is 1. The van der Waals surface area contributed by atoms with Crippen LogP contribution in [0.3, 0.4) is 0 Å². The lowest BCUT2D eigenvalue weighted by Gasteiger charge is -2.16. The lowest BCUT2D eigenvalue weighted by Crippen LogP contribution is -2.22. The number of nitrogens with zero attached hydrogens (tertiary/aromatic N) is 2. The van der Waals surface area contributed by atoms with Gasteiger partial charge in [0.25, 0.3) is 0 Å². The van der Waals surface area contributed by atoms with E-state index in [0.717, 1.165) is 6.20 Å². The summed E-state index contributed by atoms with van der Waals surface area (Å²) in [6.07, 6.45) is -0.822. The topological polar surface area (TPSA) is 61.2 Å². The molecule has 5 nitrogen and oxygen atoms in total. The molecule has 0 bridgehead atoms. The van der Waals surface area contributed by atoms with Gasteiger partial charge in [0.05, 0.1) is 17.7 Å². The molecule has 2 heterocycles. The highest BCUT2D eigenvalue weighted by atomic mass is 19.4. The first-order valence-corrected chi connectivity index (χ1v) is 8.22. The van der Waals surface area contributed by atoms with Gasteiger partial charge in [-0.1, -0.05) is 0 Å². The Hall–Kier alpha value is -3.23. The Labute approximate surface area is 156 Å². The Morgan fingerprint density at radius 3 is 2.50 bits per heavy atom. The van der Waals surface area contributed by atoms with E-state index in [4.69, 9.17) is 4.74 Å². The molecule has 0 saturated carbocycles. The van der Waals surface area contributed by atoms with Gasteiger partial charge in [-0.25, -0.2) is 9.18 Å². The van der Waals surface area contributed by atoms with Gasteiger partial charge in [-0.2, -0.15) is 13.2 Å². The van der Waals surface area contributed by atoms with Crippen molar-refractivity contribution in [1.82, 2.24) is 9.55 Å². The number of alkyl halides is 3. The van der Waals surface area contributed by atoms with Crippen LogP contribution in [-0.4, -0.2) is 22.1 Å². The summed E-state index contributed by atoms with van der Waals surface area (Å²) in [5.41, 5.74) is -2.27. The predicted octanol–water partition coefficient (Wildman–Crippen LogP) is 3.78. The van der Waals surface area contributed by atoms with E-state index in [1.54, 1.807) is 19.1 Å². The van der Waals surface area contributed by atoms with Crippen LogP contribution in [0, 0.1) is 5.82 Å². The molecule has 3 rings (SSSR count). The maximum atomic E-state index is 14.0. The van der Waals surface area contributed by atoms with Crippen molar-refractivity contribution >= 4 is 16.9 Å². The average molecular weight is 394 g/mol. The number of rotatable bonds is 4. The summed E-state index contributed by atoms with van der Waals surface area (Å²) in [4.78, 5) is 28.6. The van der Waals surface area contributed by atoms with Crippen molar-refractivity contribution in [2.75, 3.05) is 6.61 Å². The highest BCUT2D eigenvalue weighted by Gasteiger charge is 2.35. The number of ether oxygens (including phenoxy) is 1. The number of fused-ring (bicyclic) bond motifs is 1. The summed E-state index contributed by atoms with van der Waals surface area (Å²) in [6.45, 7) is 1.58. The summed E-state index contributed by atoms with van der Waals surface area (Å²) < 4.78 is 59.6. The molecule has 0 spiro atoms. The average Bonchev–Trinajstić information content (AvgIpc) is 2.64. The minimum atomic E-state index is -4.93. The molecule has 0 fully saturated rings. The number of carbonyl (C=O) groups is 1. The molecule has 0 aliphatic rings. The molecule has 0 atom stereocenters. The number of carbonyl (C=O) groups excluding carboxylic acids is 1. The summed E-state index contributed by atoms with van der Waals surface area (Å²) in [5.74, 6) is -2.52. The van der Waals surface area contributed by atoms with Crippen molar-refractivity contribution in [2.24, 2.45) is 0 Å². The molecule has 28 heavy (non-hydrogen) atoms. The van der Waals surface area contributed by atoms with E-state index in [2.05, 4.69) is 4.98 Å². The van der Waals surface area contributed by atoms with Crippen LogP contribution in [-0.2, 0) is 17.5 Å². The normalized spacial score (nSPS) is 11.6. The summed E-state index contributed by atoms with van der Waals surface area (Å²) in [5, 5.41) is -0.342. The quantitative estimate of drug-likeness (QED) is 0.499. The zero-order valence-corrected chi connectivity index (χ0v) is 14.6. The van der Waals surface area contributed by atoms with Gasteiger partial charge >= 0.3 is 12.1 Å². The number of halogens is 4. The van der Waals surface area contributed by atoms with Crippen LogP contribution in [0.5, 0.6) is 0 Å². The third-order valence-electron chi connectivity index (χ3n) is 4.07. The summed E-state index contributed by atoms with van der Waals surface area (Å²) in [6, 6.07) is 4.33. The smallest absolute Gasteiger partial charge is 0.419 e. The van der Waals surface area contributed by atoms with Crippen molar-refractivity contribution in [3.63, 3.8) is 0 Å². The molecule has 1 aromatic carbocycles. The van der Waals surface area contributed by atoms with Crippen molar-refractivity contribution in [3.05, 3.63) is 75.6 Å². The fourth-order valence-corrected chi connectivity index (χ4v) is 2.80. The van der Waals surface area contributed by atoms with Crippen LogP contribution in [0.1, 0.15) is 28.4 Å². The molecule has 0 amide bonds. The molecule has 0 radical (unpaired) electrons. The van der Waals surface area contributed by atoms with E-state index in [1.807, 2.05) is 0 Å². The SMILES string of the molecule is CCOC(=O)c1cn(Cc2ccncc2)c2cc(C(F)(F)F)c(F)cc2c1=O. The van der Waals surface area contributed by atoms with Crippen LogP contribution in [0.25, 0.3) is 10.9 Å². The highest BCUT2D eigenvalue weighted by molar-refractivity contribution is 5.94. The minimum absolute atomic E-state index is 0.00202. The number of hydrogen-bond acceptors (Lipinski definition) is 4. The molecule has 9 heteroatoms. The second-order valence-corrected chi connectivity index (χ2v) is 5.92. The largest absolute Gasteiger partial charge is 0.462 e. The van der Waals surface area contributed by atoms with Crippen molar-refractivity contribution < 1.29 is 27.1 Å². The third-order valence-corrected chi connectivity index (χ3v) is 4.07. The monoisotopic (exact) mass is 394 g/mol. The van der Waals surface area contributed by atoms with Crippen LogP contribution < -0.4 is 5.43 Å². The van der Waals surface area contributed by atoms with Gasteiger partial charge in [-0.3, -0.25) is 9.78 Å². The fraction of sp³-hybridized carbons (Fsp3) is 0.211. The molecule has 3 aromatic rings. The summed E-state index contributed by atoms with van der Waals surface area (Å²) in [7, 11) is 0. The summed E-state index contributed by atoms with van der Waals surface area (Å²) >= 11 is 0. The van der Waals surface area contributed by atoms with Crippen LogP contribution >= 0.6 is 0 Å². The Bertz CT molecular complexity index is 1090. The second-order valence-electron chi connectivity index (χ2n) is 5.92. The molecule has 0 N–H and O–H groups in total. The maximum Gasteiger partial charge on any atom is 0.419 e. The Morgan fingerprint density at radius 2 is 1.89 bits per heavy atom. The van der Waals surface area contributed by atoms with E-state index in [9.17, 15) is 27.2 Å². The molecule has 2 aromatic heterocycles. The number of hydrogen-bond donors (Lipinski definition) is 0. The molecule has 0 aliphatic heterocycles. The van der Waals surface area contributed by atoms with E-state index in [1.165, 1.54) is 17.0 Å². The standard InChI is InChI=1S/C19H14F4N2O3/c1-2-28-18(27)13-10-25(9-11-3-5-24-6-4-11)16-8-14(19(21,22)23)15(20)7-12(16)17(13)26/h3-8,10H,2,9H2,1H3. The van der Waals surface area contributed by atoms with Gasteiger partial charge in [0.2, 0.25) is 5.43 Å². The van der Waals surface area contributed by atoms with E-state index < -0.39 is 29.0 Å². The zero-order valence-electron chi connectivity index (χ0n) is 14.6. The van der Waals surface area contributed by atoms with E-state index in [0.29, 0.717) is 17.7 Å². The van der Waals surface area contributed by atoms with Crippen LogP contribution in [0.2, 0.25) is 0 Å². The highest BCUT2D eigenvalue weighted by Crippen LogP contribution is 2.33. The molecule has 0 saturated heterocycles. The molecular formula is C19H14F4N2O3. The van der Waals surface area contributed by atoms with E-state index in [-0.39, 0.29) is 29.6 Å². The lowest BCUT2D eigenvalue weighted by molar-refractivity contribution is -0.139. The number of benzene rings is 1. The van der Waals surface area contributed by atoms with Crippen LogP contribution in [0.15, 0.2) is 47.7 Å². The third kappa shape index (κ3) is 3.73. The molecule has 146 valence electrons.